The van der Waals surface area contributed by atoms with Crippen LogP contribution in [0.1, 0.15) is 0 Å². The summed E-state index contributed by atoms with van der Waals surface area (Å²) in [6.07, 6.45) is 0. The molecule has 2 nitrogen and oxygen atoms in total. The summed E-state index contributed by atoms with van der Waals surface area (Å²) in [5.41, 5.74) is 1.73. The zero-order chi connectivity index (χ0) is 7.68. The molecule has 56 valence electrons. The minimum absolute atomic E-state index is 0.968. The first-order chi connectivity index (χ1) is 5.36. The van der Waals surface area contributed by atoms with Gasteiger partial charge in [0.25, 0.3) is 0 Å². The van der Waals surface area contributed by atoms with E-state index in [1.807, 2.05) is 11.4 Å². The van der Waals surface area contributed by atoms with Crippen LogP contribution in [-0.2, 0) is 0 Å². The molecular weight excluding hydrogens is 196 g/mol. The molecule has 0 radical (unpaired) electrons. The van der Waals surface area contributed by atoms with E-state index in [2.05, 4.69) is 22.8 Å². The quantitative estimate of drug-likeness (QED) is 0.716. The first-order valence-corrected chi connectivity index (χ1v) is 5.11. The van der Waals surface area contributed by atoms with Crippen molar-refractivity contribution in [3.8, 4) is 9.88 Å². The van der Waals surface area contributed by atoms with Crippen LogP contribution in [0.5, 0.6) is 0 Å². The van der Waals surface area contributed by atoms with E-state index in [1.165, 1.54) is 0 Å². The van der Waals surface area contributed by atoms with E-state index in [0.717, 1.165) is 14.8 Å². The molecule has 0 amide bonds. The average Bonchev–Trinajstić information content (AvgIpc) is 2.55. The Labute approximate surface area is 77.3 Å². The first-order valence-electron chi connectivity index (χ1n) is 2.90. The molecule has 2 heterocycles. The summed E-state index contributed by atoms with van der Waals surface area (Å²) in [5, 5.41) is 10.7. The summed E-state index contributed by atoms with van der Waals surface area (Å²) < 4.78 is 0. The molecule has 2 aromatic rings. The highest BCUT2D eigenvalue weighted by atomic mass is 32.1. The predicted octanol–water partition coefficient (Wildman–Crippen LogP) is 2.56. The van der Waals surface area contributed by atoms with Crippen LogP contribution >= 0.6 is 35.3 Å². The molecule has 0 N–H and O–H groups in total. The van der Waals surface area contributed by atoms with Crippen LogP contribution in [0.15, 0.2) is 21.9 Å². The molecule has 2 rings (SSSR count). The lowest BCUT2D eigenvalue weighted by Gasteiger charge is -1.82. The Morgan fingerprint density at radius 2 is 2.27 bits per heavy atom. The highest BCUT2D eigenvalue weighted by Crippen LogP contribution is 2.29. The molecule has 0 saturated carbocycles. The first kappa shape index (κ1) is 7.27. The van der Waals surface area contributed by atoms with Crippen molar-refractivity contribution in [2.45, 2.75) is 4.90 Å². The van der Waals surface area contributed by atoms with E-state index < -0.39 is 0 Å². The second-order valence-electron chi connectivity index (χ2n) is 1.91. The molecule has 0 aliphatic heterocycles. The second kappa shape index (κ2) is 2.92. The van der Waals surface area contributed by atoms with Crippen LogP contribution in [0.25, 0.3) is 9.88 Å². The molecule has 0 unspecified atom stereocenters. The molecule has 5 heteroatoms. The van der Waals surface area contributed by atoms with Gasteiger partial charge >= 0.3 is 0 Å². The number of aromatic nitrogens is 2. The van der Waals surface area contributed by atoms with E-state index in [9.17, 15) is 0 Å². The largest absolute Gasteiger partial charge is 0.157 e. The fraction of sp³-hybridized carbons (Fsp3) is 0. The lowest BCUT2D eigenvalue weighted by atomic mass is 10.5. The van der Waals surface area contributed by atoms with Crippen molar-refractivity contribution in [1.29, 1.82) is 0 Å². The van der Waals surface area contributed by atoms with Crippen molar-refractivity contribution < 1.29 is 0 Å². The minimum atomic E-state index is 0.968. The molecular formula is C6H4N2S3. The monoisotopic (exact) mass is 200 g/mol. The van der Waals surface area contributed by atoms with E-state index >= 15 is 0 Å². The molecule has 0 aliphatic rings. The highest BCUT2D eigenvalue weighted by Gasteiger charge is 2.02. The van der Waals surface area contributed by atoms with Crippen LogP contribution in [0.3, 0.4) is 0 Å². The van der Waals surface area contributed by atoms with Gasteiger partial charge in [-0.25, -0.2) is 0 Å². The maximum Gasteiger partial charge on any atom is 0.157 e. The number of nitrogens with zero attached hydrogens (tertiary/aromatic N) is 2. The smallest absolute Gasteiger partial charge is 0.147 e. The summed E-state index contributed by atoms with van der Waals surface area (Å²) in [5.74, 6) is 0. The fourth-order valence-corrected chi connectivity index (χ4v) is 2.50. The Morgan fingerprint density at radius 3 is 2.82 bits per heavy atom. The van der Waals surface area contributed by atoms with Gasteiger partial charge in [-0.3, -0.25) is 0 Å². The zero-order valence-corrected chi connectivity index (χ0v) is 7.92. The summed E-state index contributed by atoms with van der Waals surface area (Å²) in [6.45, 7) is 0. The minimum Gasteiger partial charge on any atom is -0.147 e. The summed E-state index contributed by atoms with van der Waals surface area (Å²) in [4.78, 5) is 2.12. The highest BCUT2D eigenvalue weighted by molar-refractivity contribution is 7.80. The van der Waals surface area contributed by atoms with Crippen LogP contribution < -0.4 is 0 Å². The lowest BCUT2D eigenvalue weighted by molar-refractivity contribution is 1.10. The van der Waals surface area contributed by atoms with Gasteiger partial charge in [0.2, 0.25) is 0 Å². The molecule has 0 fully saturated rings. The number of hydrogen-bond donors (Lipinski definition) is 1. The van der Waals surface area contributed by atoms with E-state index in [4.69, 9.17) is 0 Å². The Hall–Kier alpha value is -0.390. The van der Waals surface area contributed by atoms with Crippen LogP contribution in [0.2, 0.25) is 0 Å². The van der Waals surface area contributed by atoms with Gasteiger partial charge in [-0.2, -0.15) is 0 Å². The molecule has 0 aliphatic carbocycles. The van der Waals surface area contributed by atoms with Crippen molar-refractivity contribution in [3.63, 3.8) is 0 Å². The third-order valence-electron chi connectivity index (χ3n) is 1.16. The maximum absolute atomic E-state index is 4.20. The van der Waals surface area contributed by atoms with Crippen molar-refractivity contribution in [2.24, 2.45) is 0 Å². The number of thiol groups is 1. The standard InChI is InChI=1S/C6H4N2S3/c9-4-1-5(10-2-4)6-8-7-3-11-6/h1-3,9H. The van der Waals surface area contributed by atoms with Crippen molar-refractivity contribution in [1.82, 2.24) is 10.2 Å². The topological polar surface area (TPSA) is 25.8 Å². The average molecular weight is 200 g/mol. The van der Waals surface area contributed by atoms with Gasteiger partial charge < -0.3 is 0 Å². The van der Waals surface area contributed by atoms with Gasteiger partial charge in [-0.15, -0.1) is 34.2 Å². The Balaban J connectivity index is 2.45. The van der Waals surface area contributed by atoms with Crippen LogP contribution in [0.4, 0.5) is 0 Å². The molecule has 11 heavy (non-hydrogen) atoms. The number of rotatable bonds is 1. The zero-order valence-electron chi connectivity index (χ0n) is 5.39. The maximum atomic E-state index is 4.20. The molecule has 0 saturated heterocycles. The van der Waals surface area contributed by atoms with Crippen LogP contribution in [-0.4, -0.2) is 10.2 Å². The summed E-state index contributed by atoms with van der Waals surface area (Å²) >= 11 is 7.39. The van der Waals surface area contributed by atoms with Gasteiger partial charge in [0.05, 0.1) is 4.88 Å². The predicted molar refractivity (Wildman–Crippen MR) is 50.5 cm³/mol. The summed E-state index contributed by atoms with van der Waals surface area (Å²) in [7, 11) is 0. The second-order valence-corrected chi connectivity index (χ2v) is 4.17. The molecule has 0 aromatic carbocycles. The van der Waals surface area contributed by atoms with Gasteiger partial charge in [0, 0.05) is 10.3 Å². The van der Waals surface area contributed by atoms with Crippen molar-refractivity contribution >= 4 is 35.3 Å². The fourth-order valence-electron chi connectivity index (χ4n) is 0.719. The van der Waals surface area contributed by atoms with Crippen molar-refractivity contribution in [2.75, 3.05) is 0 Å². The van der Waals surface area contributed by atoms with E-state index in [1.54, 1.807) is 28.2 Å². The Bertz CT molecular complexity index is 338. The lowest BCUT2D eigenvalue weighted by Crippen LogP contribution is -1.68. The summed E-state index contributed by atoms with van der Waals surface area (Å²) in [6, 6.07) is 1.99. The van der Waals surface area contributed by atoms with Gasteiger partial charge in [0.1, 0.15) is 5.51 Å². The Morgan fingerprint density at radius 1 is 1.36 bits per heavy atom. The van der Waals surface area contributed by atoms with Gasteiger partial charge in [-0.1, -0.05) is 11.3 Å². The normalized spacial score (nSPS) is 10.3. The Kier molecular flexibility index (Phi) is 1.93. The number of hydrogen-bond acceptors (Lipinski definition) is 5. The third-order valence-corrected chi connectivity index (χ3v) is 3.38. The van der Waals surface area contributed by atoms with E-state index in [0.29, 0.717) is 0 Å². The third kappa shape index (κ3) is 1.45. The number of thiophene rings is 1. The molecule has 0 spiro atoms. The van der Waals surface area contributed by atoms with E-state index in [-0.39, 0.29) is 0 Å². The van der Waals surface area contributed by atoms with Crippen molar-refractivity contribution in [3.05, 3.63) is 17.0 Å². The van der Waals surface area contributed by atoms with Crippen LogP contribution in [0, 0.1) is 0 Å². The molecule has 0 atom stereocenters. The van der Waals surface area contributed by atoms with Gasteiger partial charge in [-0.05, 0) is 6.07 Å². The molecule has 0 bridgehead atoms. The SMILES string of the molecule is Sc1csc(-c2nncs2)c1. The van der Waals surface area contributed by atoms with Gasteiger partial charge in [0.15, 0.2) is 5.01 Å². The molecule has 2 aromatic heterocycles.